The first kappa shape index (κ1) is 8.75. The summed E-state index contributed by atoms with van der Waals surface area (Å²) in [5, 5.41) is 0.0679. The third kappa shape index (κ3) is 2.10. The zero-order chi connectivity index (χ0) is 9.26. The third-order valence-electron chi connectivity index (χ3n) is 2.35. The lowest BCUT2D eigenvalue weighted by atomic mass is 10.3. The molecule has 0 N–H and O–H groups in total. The second-order valence-corrected chi connectivity index (χ2v) is 3.81. The molecule has 1 aliphatic rings. The number of hydrogen-bond donors (Lipinski definition) is 0. The Labute approximate surface area is 81.4 Å². The van der Waals surface area contributed by atoms with Gasteiger partial charge in [-0.1, -0.05) is 24.4 Å². The van der Waals surface area contributed by atoms with E-state index in [1.165, 1.54) is 12.8 Å². The van der Waals surface area contributed by atoms with Gasteiger partial charge in [0.15, 0.2) is 5.15 Å². The van der Waals surface area contributed by atoms with E-state index in [1.807, 2.05) is 0 Å². The lowest BCUT2D eigenvalue weighted by Crippen LogP contribution is -2.20. The van der Waals surface area contributed by atoms with Gasteiger partial charge in [-0.3, -0.25) is 4.79 Å². The molecule has 0 amide bonds. The predicted molar refractivity (Wildman–Crippen MR) is 50.8 cm³/mol. The SMILES string of the molecule is O=c1c(Cl)nccn1CCC1CC1. The first-order valence-electron chi connectivity index (χ1n) is 4.48. The largest absolute Gasteiger partial charge is 0.311 e. The molecule has 70 valence electrons. The molecule has 1 heterocycles. The summed E-state index contributed by atoms with van der Waals surface area (Å²) in [6, 6.07) is 0. The van der Waals surface area contributed by atoms with Gasteiger partial charge in [-0.25, -0.2) is 4.98 Å². The summed E-state index contributed by atoms with van der Waals surface area (Å²) in [5.74, 6) is 0.832. The average molecular weight is 199 g/mol. The summed E-state index contributed by atoms with van der Waals surface area (Å²) in [5.41, 5.74) is -0.176. The third-order valence-corrected chi connectivity index (χ3v) is 2.61. The normalized spacial score (nSPS) is 16.1. The Bertz CT molecular complexity index is 357. The van der Waals surface area contributed by atoms with Crippen LogP contribution < -0.4 is 5.56 Å². The number of hydrogen-bond acceptors (Lipinski definition) is 2. The predicted octanol–water partition coefficient (Wildman–Crippen LogP) is 1.70. The van der Waals surface area contributed by atoms with Crippen LogP contribution in [0, 0.1) is 5.92 Å². The van der Waals surface area contributed by atoms with Crippen molar-refractivity contribution >= 4 is 11.6 Å². The fourth-order valence-electron chi connectivity index (χ4n) is 1.32. The summed E-state index contributed by atoms with van der Waals surface area (Å²) in [7, 11) is 0. The van der Waals surface area contributed by atoms with E-state index in [0.29, 0.717) is 0 Å². The maximum atomic E-state index is 11.4. The van der Waals surface area contributed by atoms with E-state index in [-0.39, 0.29) is 10.7 Å². The van der Waals surface area contributed by atoms with Crippen molar-refractivity contribution < 1.29 is 0 Å². The highest BCUT2D eigenvalue weighted by Gasteiger charge is 2.20. The molecule has 0 bridgehead atoms. The average Bonchev–Trinajstić information content (AvgIpc) is 2.91. The van der Waals surface area contributed by atoms with Gasteiger partial charge in [0.25, 0.3) is 5.56 Å². The highest BCUT2D eigenvalue weighted by Crippen LogP contribution is 2.32. The van der Waals surface area contributed by atoms with Crippen LogP contribution in [0.2, 0.25) is 5.15 Å². The van der Waals surface area contributed by atoms with Crippen molar-refractivity contribution in [3.63, 3.8) is 0 Å². The Balaban J connectivity index is 2.09. The Morgan fingerprint density at radius 1 is 1.62 bits per heavy atom. The van der Waals surface area contributed by atoms with Crippen LogP contribution in [0.15, 0.2) is 17.2 Å². The van der Waals surface area contributed by atoms with Crippen LogP contribution in [-0.2, 0) is 6.54 Å². The van der Waals surface area contributed by atoms with Crippen LogP contribution in [-0.4, -0.2) is 9.55 Å². The van der Waals surface area contributed by atoms with E-state index in [0.717, 1.165) is 18.9 Å². The van der Waals surface area contributed by atoms with Crippen LogP contribution >= 0.6 is 11.6 Å². The van der Waals surface area contributed by atoms with Crippen molar-refractivity contribution in [2.45, 2.75) is 25.8 Å². The molecule has 13 heavy (non-hydrogen) atoms. The van der Waals surface area contributed by atoms with Crippen molar-refractivity contribution in [3.8, 4) is 0 Å². The number of nitrogens with zero attached hydrogens (tertiary/aromatic N) is 2. The Hall–Kier alpha value is -0.830. The van der Waals surface area contributed by atoms with Crippen molar-refractivity contribution in [3.05, 3.63) is 27.9 Å². The Morgan fingerprint density at radius 2 is 2.38 bits per heavy atom. The molecule has 0 aliphatic heterocycles. The van der Waals surface area contributed by atoms with Crippen LogP contribution in [0.5, 0.6) is 0 Å². The van der Waals surface area contributed by atoms with E-state index < -0.39 is 0 Å². The second kappa shape index (κ2) is 3.50. The fraction of sp³-hybridized carbons (Fsp3) is 0.556. The minimum atomic E-state index is -0.176. The lowest BCUT2D eigenvalue weighted by molar-refractivity contribution is 0.578. The van der Waals surface area contributed by atoms with Crippen LogP contribution in [0.3, 0.4) is 0 Å². The quantitative estimate of drug-likeness (QED) is 0.741. The van der Waals surface area contributed by atoms with Gasteiger partial charge in [-0.2, -0.15) is 0 Å². The summed E-state index contributed by atoms with van der Waals surface area (Å²) in [4.78, 5) is 15.1. The van der Waals surface area contributed by atoms with Crippen LogP contribution in [0.1, 0.15) is 19.3 Å². The highest BCUT2D eigenvalue weighted by molar-refractivity contribution is 6.29. The smallest absolute Gasteiger partial charge is 0.288 e. The molecule has 3 nitrogen and oxygen atoms in total. The Morgan fingerprint density at radius 3 is 3.08 bits per heavy atom. The molecule has 0 radical (unpaired) electrons. The molecule has 0 saturated heterocycles. The highest BCUT2D eigenvalue weighted by atomic mass is 35.5. The number of aromatic nitrogens is 2. The molecule has 1 fully saturated rings. The number of aryl methyl sites for hydroxylation is 1. The zero-order valence-electron chi connectivity index (χ0n) is 7.24. The van der Waals surface area contributed by atoms with Crippen LogP contribution in [0.25, 0.3) is 0 Å². The Kier molecular flexibility index (Phi) is 2.36. The molecule has 1 aromatic rings. The molecule has 0 aromatic carbocycles. The maximum absolute atomic E-state index is 11.4. The zero-order valence-corrected chi connectivity index (χ0v) is 8.00. The first-order valence-corrected chi connectivity index (χ1v) is 4.86. The summed E-state index contributed by atoms with van der Waals surface area (Å²) < 4.78 is 1.63. The molecule has 0 unspecified atom stereocenters. The monoisotopic (exact) mass is 198 g/mol. The standard InChI is InChI=1S/C9H11ClN2O/c10-8-9(13)12(6-4-11-8)5-3-7-1-2-7/h4,6-7H,1-3,5H2. The summed E-state index contributed by atoms with van der Waals surface area (Å²) in [6.45, 7) is 0.770. The van der Waals surface area contributed by atoms with E-state index in [4.69, 9.17) is 11.6 Å². The molecule has 1 aromatic heterocycles. The van der Waals surface area contributed by atoms with Gasteiger partial charge in [-0.15, -0.1) is 0 Å². The van der Waals surface area contributed by atoms with Gasteiger partial charge in [0.2, 0.25) is 0 Å². The molecular formula is C9H11ClN2O. The van der Waals surface area contributed by atoms with E-state index in [1.54, 1.807) is 17.0 Å². The molecule has 1 saturated carbocycles. The minimum Gasteiger partial charge on any atom is -0.311 e. The van der Waals surface area contributed by atoms with Gasteiger partial charge >= 0.3 is 0 Å². The number of rotatable bonds is 3. The van der Waals surface area contributed by atoms with Crippen molar-refractivity contribution in [1.29, 1.82) is 0 Å². The van der Waals surface area contributed by atoms with Crippen molar-refractivity contribution in [2.75, 3.05) is 0 Å². The first-order chi connectivity index (χ1) is 6.27. The minimum absolute atomic E-state index is 0.0679. The van der Waals surface area contributed by atoms with E-state index in [2.05, 4.69) is 4.98 Å². The lowest BCUT2D eigenvalue weighted by Gasteiger charge is -2.03. The molecule has 0 spiro atoms. The topological polar surface area (TPSA) is 34.9 Å². The van der Waals surface area contributed by atoms with Gasteiger partial charge in [0, 0.05) is 18.9 Å². The fourth-order valence-corrected chi connectivity index (χ4v) is 1.49. The van der Waals surface area contributed by atoms with E-state index in [9.17, 15) is 4.79 Å². The molecule has 2 rings (SSSR count). The summed E-state index contributed by atoms with van der Waals surface area (Å²) in [6.07, 6.45) is 6.97. The molecule has 0 atom stereocenters. The van der Waals surface area contributed by atoms with Crippen molar-refractivity contribution in [2.24, 2.45) is 5.92 Å². The number of halogens is 1. The van der Waals surface area contributed by atoms with Crippen molar-refractivity contribution in [1.82, 2.24) is 9.55 Å². The van der Waals surface area contributed by atoms with Gasteiger partial charge in [0.05, 0.1) is 0 Å². The van der Waals surface area contributed by atoms with Gasteiger partial charge in [-0.05, 0) is 12.3 Å². The van der Waals surface area contributed by atoms with Gasteiger partial charge in [0.1, 0.15) is 0 Å². The second-order valence-electron chi connectivity index (χ2n) is 3.45. The van der Waals surface area contributed by atoms with Gasteiger partial charge < -0.3 is 4.57 Å². The molecule has 1 aliphatic carbocycles. The maximum Gasteiger partial charge on any atom is 0.288 e. The van der Waals surface area contributed by atoms with E-state index >= 15 is 0 Å². The molecular weight excluding hydrogens is 188 g/mol. The summed E-state index contributed by atoms with van der Waals surface area (Å²) >= 11 is 5.60. The molecule has 4 heteroatoms. The van der Waals surface area contributed by atoms with Crippen LogP contribution in [0.4, 0.5) is 0 Å².